The van der Waals surface area contributed by atoms with Gasteiger partial charge in [0, 0.05) is 0 Å². The van der Waals surface area contributed by atoms with Crippen molar-refractivity contribution in [2.75, 3.05) is 0 Å². The molecule has 0 fully saturated rings. The fourth-order valence-electron chi connectivity index (χ4n) is 7.06. The molecule has 6 rings (SSSR count). The van der Waals surface area contributed by atoms with Gasteiger partial charge in [0.15, 0.2) is 0 Å². The molecule has 0 aliphatic heterocycles. The van der Waals surface area contributed by atoms with E-state index in [1.165, 1.54) is 33.4 Å². The maximum absolute atomic E-state index is 2.67. The minimum atomic E-state index is -1.67. The van der Waals surface area contributed by atoms with Crippen molar-refractivity contribution in [3.8, 4) is 11.1 Å². The fraction of sp³-hybridized carbons (Fsp3) is 0.310. The molecule has 4 aromatic carbocycles. The minimum Gasteiger partial charge on any atom is -1.00 e. The minimum absolute atomic E-state index is 0. The summed E-state index contributed by atoms with van der Waals surface area (Å²) in [5.74, 6) is 0. The Balaban J connectivity index is 0.00000240. The van der Waals surface area contributed by atoms with E-state index < -0.39 is 30.8 Å². The molecule has 0 aromatic heterocycles. The average Bonchev–Trinajstić information content (AvgIpc) is 3.61. The molecule has 0 bridgehead atoms. The Kier molecular flexibility index (Phi) is 11.0. The number of fused-ring (bicyclic) bond motifs is 3. The molecule has 1 atom stereocenters. The van der Waals surface area contributed by atoms with Crippen LogP contribution in [-0.4, -0.2) is 11.3 Å². The van der Waals surface area contributed by atoms with E-state index >= 15 is 0 Å². The molecule has 0 saturated carbocycles. The average molecular weight is 742 g/mol. The molecular formula is C42H47Cl2SiZr. The molecule has 0 saturated heterocycles. The van der Waals surface area contributed by atoms with Crippen LogP contribution in [-0.2, 0) is 33.6 Å². The van der Waals surface area contributed by atoms with Gasteiger partial charge in [-0.2, -0.15) is 0 Å². The van der Waals surface area contributed by atoms with Gasteiger partial charge < -0.3 is 24.8 Å². The largest absolute Gasteiger partial charge is 1.00 e. The Morgan fingerprint density at radius 3 is 1.78 bits per heavy atom. The first-order valence-corrected chi connectivity index (χ1v) is 22.4. The SMILES string of the molecule is CC(C)(C)c1ccc2c(c1)[CH]([Zr+2]=[C](c1ccccc1)c1ccccc1)c1c-2cc([Si](C)(C)C)c(C(C)(C)C)c1C1=CC=CC1.[Cl-].[Cl-]. The number of halogens is 2. The summed E-state index contributed by atoms with van der Waals surface area (Å²) in [6.45, 7) is 22.0. The Morgan fingerprint density at radius 1 is 0.717 bits per heavy atom. The number of hydrogen-bond acceptors (Lipinski definition) is 0. The molecule has 0 nitrogen and oxygen atoms in total. The Bertz CT molecular complexity index is 1770. The van der Waals surface area contributed by atoms with E-state index in [0.717, 1.165) is 6.42 Å². The van der Waals surface area contributed by atoms with Crippen molar-refractivity contribution >= 4 is 22.0 Å². The molecule has 1 unspecified atom stereocenters. The number of benzene rings is 4. The van der Waals surface area contributed by atoms with Gasteiger partial charge >= 0.3 is 280 Å². The number of rotatable bonds is 5. The van der Waals surface area contributed by atoms with E-state index in [9.17, 15) is 0 Å². The summed E-state index contributed by atoms with van der Waals surface area (Å²) in [4.78, 5) is 0. The summed E-state index contributed by atoms with van der Waals surface area (Å²) in [5.41, 5.74) is 15.3. The Morgan fingerprint density at radius 2 is 1.30 bits per heavy atom. The van der Waals surface area contributed by atoms with Crippen LogP contribution >= 0.6 is 0 Å². The number of hydrogen-bond donors (Lipinski definition) is 0. The standard InChI is InChI=1S/C29H37Si.C13H10.2ClH.Zr/c1-28(2,3)21-14-15-22-20(16-21)17-24-23(22)18-25(30(7,8)9)27(29(4,5)6)26(24)19-12-10-11-13-19;1-3-7-12(8-4-1)11-13-9-5-2-6-10-13;;;/h10-12,14-18H,13H2,1-9H3;1-10H;2*1H;/q;;;;+2/p-2. The van der Waals surface area contributed by atoms with Gasteiger partial charge in [0.2, 0.25) is 0 Å². The summed E-state index contributed by atoms with van der Waals surface area (Å²) >= 11 is -1.25. The van der Waals surface area contributed by atoms with Gasteiger partial charge in [-0.15, -0.1) is 0 Å². The topological polar surface area (TPSA) is 0 Å². The molecule has 2 aliphatic rings. The molecule has 237 valence electrons. The van der Waals surface area contributed by atoms with E-state index in [-0.39, 0.29) is 35.6 Å². The molecule has 0 heterocycles. The summed E-state index contributed by atoms with van der Waals surface area (Å²) in [6.07, 6.45) is 8.09. The molecular weight excluding hydrogens is 695 g/mol. The number of allylic oxidation sites excluding steroid dienone is 4. The van der Waals surface area contributed by atoms with Gasteiger partial charge in [-0.1, -0.05) is 0 Å². The second-order valence-corrected chi connectivity index (χ2v) is 24.1. The predicted octanol–water partition coefficient (Wildman–Crippen LogP) is 4.60. The third-order valence-corrected chi connectivity index (χ3v) is 15.6. The van der Waals surface area contributed by atoms with Gasteiger partial charge in [0.1, 0.15) is 0 Å². The third-order valence-electron chi connectivity index (χ3n) is 9.24. The zero-order valence-electron chi connectivity index (χ0n) is 28.9. The van der Waals surface area contributed by atoms with E-state index in [1.807, 2.05) is 0 Å². The third kappa shape index (κ3) is 7.03. The summed E-state index contributed by atoms with van der Waals surface area (Å²) in [5, 5.41) is 1.64. The first kappa shape index (κ1) is 36.7. The molecule has 0 N–H and O–H groups in total. The van der Waals surface area contributed by atoms with Crippen molar-refractivity contribution in [3.63, 3.8) is 0 Å². The second-order valence-electron chi connectivity index (χ2n) is 15.7. The maximum atomic E-state index is 2.67. The van der Waals surface area contributed by atoms with E-state index in [0.29, 0.717) is 3.63 Å². The van der Waals surface area contributed by atoms with E-state index in [4.69, 9.17) is 0 Å². The van der Waals surface area contributed by atoms with Crippen molar-refractivity contribution in [2.24, 2.45) is 0 Å². The normalized spacial score (nSPS) is 15.2. The van der Waals surface area contributed by atoms with Gasteiger partial charge in [0.05, 0.1) is 0 Å². The molecule has 4 heteroatoms. The zero-order valence-corrected chi connectivity index (χ0v) is 33.8. The van der Waals surface area contributed by atoms with Gasteiger partial charge in [-0.25, -0.2) is 0 Å². The first-order valence-electron chi connectivity index (χ1n) is 16.2. The molecule has 2 aliphatic carbocycles. The van der Waals surface area contributed by atoms with Gasteiger partial charge in [-0.3, -0.25) is 0 Å². The van der Waals surface area contributed by atoms with Crippen LogP contribution in [0.1, 0.15) is 90.5 Å². The molecule has 4 aromatic rings. The maximum Gasteiger partial charge on any atom is -1.00 e. The van der Waals surface area contributed by atoms with E-state index in [1.54, 1.807) is 30.6 Å². The van der Waals surface area contributed by atoms with Crippen molar-refractivity contribution in [2.45, 2.75) is 82.1 Å². The molecule has 0 radical (unpaired) electrons. The summed E-state index contributed by atoms with van der Waals surface area (Å²) < 4.78 is 2.03. The van der Waals surface area contributed by atoms with Crippen LogP contribution in [0.3, 0.4) is 0 Å². The zero-order chi connectivity index (χ0) is 31.4. The molecule has 0 amide bonds. The van der Waals surface area contributed by atoms with Crippen LogP contribution < -0.4 is 30.0 Å². The van der Waals surface area contributed by atoms with Crippen molar-refractivity contribution in [1.29, 1.82) is 0 Å². The van der Waals surface area contributed by atoms with Crippen LogP contribution in [0.2, 0.25) is 19.6 Å². The predicted molar refractivity (Wildman–Crippen MR) is 192 cm³/mol. The second kappa shape index (κ2) is 13.8. The van der Waals surface area contributed by atoms with Crippen LogP contribution in [0.4, 0.5) is 0 Å². The van der Waals surface area contributed by atoms with Crippen LogP contribution in [0.25, 0.3) is 16.7 Å². The van der Waals surface area contributed by atoms with Crippen LogP contribution in [0.15, 0.2) is 103 Å². The van der Waals surface area contributed by atoms with Crippen LogP contribution in [0.5, 0.6) is 0 Å². The van der Waals surface area contributed by atoms with Crippen molar-refractivity contribution in [3.05, 3.63) is 142 Å². The quantitative estimate of drug-likeness (QED) is 0.263. The van der Waals surface area contributed by atoms with Crippen molar-refractivity contribution < 1.29 is 47.6 Å². The first-order chi connectivity index (χ1) is 20.7. The monoisotopic (exact) mass is 739 g/mol. The smallest absolute Gasteiger partial charge is 1.00 e. The summed E-state index contributed by atoms with van der Waals surface area (Å²) in [7, 11) is -1.67. The van der Waals surface area contributed by atoms with Gasteiger partial charge in [-0.05, 0) is 0 Å². The Hall–Kier alpha value is -2.09. The van der Waals surface area contributed by atoms with Crippen LogP contribution in [0, 0.1) is 0 Å². The molecule has 0 spiro atoms. The summed E-state index contributed by atoms with van der Waals surface area (Å²) in [6, 6.07) is 32.7. The van der Waals surface area contributed by atoms with E-state index in [2.05, 4.69) is 164 Å². The molecule has 46 heavy (non-hydrogen) atoms. The van der Waals surface area contributed by atoms with Gasteiger partial charge in [0.25, 0.3) is 0 Å². The Labute approximate surface area is 302 Å². The van der Waals surface area contributed by atoms with Crippen molar-refractivity contribution in [1.82, 2.24) is 0 Å². The fourth-order valence-corrected chi connectivity index (χ4v) is 13.3.